The highest BCUT2D eigenvalue weighted by Crippen LogP contribution is 2.17. The normalized spacial score (nSPS) is 10.4. The van der Waals surface area contributed by atoms with Crippen LogP contribution in [0.15, 0.2) is 24.3 Å². The standard InChI is InChI=1S/C13H17NO2/c1-4-9-14-10-11-5-7-12(8-6-11)13(15-2)16-3/h1,5-8,13-14H,9-10H2,2-3H3. The maximum absolute atomic E-state index is 5.16. The van der Waals surface area contributed by atoms with Crippen molar-refractivity contribution >= 4 is 0 Å². The average molecular weight is 219 g/mol. The lowest BCUT2D eigenvalue weighted by molar-refractivity contribution is -0.106. The van der Waals surface area contributed by atoms with Crippen molar-refractivity contribution in [2.75, 3.05) is 20.8 Å². The number of nitrogens with one attached hydrogen (secondary N) is 1. The van der Waals surface area contributed by atoms with Gasteiger partial charge in [-0.2, -0.15) is 0 Å². The van der Waals surface area contributed by atoms with E-state index >= 15 is 0 Å². The number of ether oxygens (including phenoxy) is 2. The van der Waals surface area contributed by atoms with Crippen molar-refractivity contribution in [1.82, 2.24) is 5.32 Å². The molecule has 0 unspecified atom stereocenters. The molecular formula is C13H17NO2. The topological polar surface area (TPSA) is 30.5 Å². The first-order valence-corrected chi connectivity index (χ1v) is 5.10. The van der Waals surface area contributed by atoms with Gasteiger partial charge >= 0.3 is 0 Å². The van der Waals surface area contributed by atoms with Gasteiger partial charge in [-0.25, -0.2) is 0 Å². The van der Waals surface area contributed by atoms with Crippen LogP contribution in [-0.4, -0.2) is 20.8 Å². The highest BCUT2D eigenvalue weighted by atomic mass is 16.7. The zero-order chi connectivity index (χ0) is 11.8. The number of benzene rings is 1. The monoisotopic (exact) mass is 219 g/mol. The Morgan fingerprint density at radius 2 is 1.88 bits per heavy atom. The van der Waals surface area contributed by atoms with Crippen LogP contribution in [0.5, 0.6) is 0 Å². The fourth-order valence-corrected chi connectivity index (χ4v) is 1.44. The zero-order valence-electron chi connectivity index (χ0n) is 9.69. The lowest BCUT2D eigenvalue weighted by Crippen LogP contribution is -2.13. The molecular weight excluding hydrogens is 202 g/mol. The van der Waals surface area contributed by atoms with E-state index in [1.165, 1.54) is 5.56 Å². The van der Waals surface area contributed by atoms with Gasteiger partial charge in [-0.3, -0.25) is 0 Å². The Hall–Kier alpha value is -1.34. The van der Waals surface area contributed by atoms with Crippen LogP contribution in [-0.2, 0) is 16.0 Å². The molecule has 1 aromatic rings. The minimum atomic E-state index is -0.298. The summed E-state index contributed by atoms with van der Waals surface area (Å²) in [5, 5.41) is 3.13. The first-order chi connectivity index (χ1) is 7.81. The van der Waals surface area contributed by atoms with E-state index < -0.39 is 0 Å². The summed E-state index contributed by atoms with van der Waals surface area (Å²) in [6, 6.07) is 8.04. The van der Waals surface area contributed by atoms with E-state index in [1.54, 1.807) is 14.2 Å². The third-order valence-corrected chi connectivity index (χ3v) is 2.24. The molecule has 1 N–H and O–H groups in total. The van der Waals surface area contributed by atoms with Crippen LogP contribution in [0.3, 0.4) is 0 Å². The van der Waals surface area contributed by atoms with Gasteiger partial charge in [-0.15, -0.1) is 6.42 Å². The van der Waals surface area contributed by atoms with E-state index in [2.05, 4.69) is 11.2 Å². The van der Waals surface area contributed by atoms with E-state index in [1.807, 2.05) is 24.3 Å². The second-order valence-corrected chi connectivity index (χ2v) is 3.35. The molecule has 0 heterocycles. The molecule has 1 aromatic carbocycles. The molecule has 0 atom stereocenters. The molecule has 0 saturated heterocycles. The molecule has 0 aliphatic heterocycles. The summed E-state index contributed by atoms with van der Waals surface area (Å²) in [4.78, 5) is 0. The molecule has 86 valence electrons. The highest BCUT2D eigenvalue weighted by Gasteiger charge is 2.07. The second-order valence-electron chi connectivity index (χ2n) is 3.35. The minimum absolute atomic E-state index is 0.298. The van der Waals surface area contributed by atoms with Crippen LogP contribution in [0.1, 0.15) is 17.4 Å². The fourth-order valence-electron chi connectivity index (χ4n) is 1.44. The van der Waals surface area contributed by atoms with Crippen molar-refractivity contribution in [2.45, 2.75) is 12.8 Å². The smallest absolute Gasteiger partial charge is 0.183 e. The molecule has 1 rings (SSSR count). The predicted octanol–water partition coefficient (Wildman–Crippen LogP) is 1.70. The average Bonchev–Trinajstić information content (AvgIpc) is 2.33. The molecule has 3 heteroatoms. The van der Waals surface area contributed by atoms with Crippen LogP contribution >= 0.6 is 0 Å². The van der Waals surface area contributed by atoms with Crippen LogP contribution in [0, 0.1) is 12.3 Å². The van der Waals surface area contributed by atoms with Gasteiger partial charge in [-0.05, 0) is 5.56 Å². The largest absolute Gasteiger partial charge is 0.352 e. The van der Waals surface area contributed by atoms with E-state index in [4.69, 9.17) is 15.9 Å². The zero-order valence-corrected chi connectivity index (χ0v) is 9.69. The van der Waals surface area contributed by atoms with Crippen molar-refractivity contribution in [3.05, 3.63) is 35.4 Å². The van der Waals surface area contributed by atoms with E-state index in [9.17, 15) is 0 Å². The molecule has 0 spiro atoms. The maximum Gasteiger partial charge on any atom is 0.183 e. The summed E-state index contributed by atoms with van der Waals surface area (Å²) < 4.78 is 10.3. The minimum Gasteiger partial charge on any atom is -0.352 e. The molecule has 0 aliphatic carbocycles. The van der Waals surface area contributed by atoms with Crippen LogP contribution in [0.25, 0.3) is 0 Å². The van der Waals surface area contributed by atoms with Crippen molar-refractivity contribution in [1.29, 1.82) is 0 Å². The number of hydrogen-bond acceptors (Lipinski definition) is 3. The van der Waals surface area contributed by atoms with Crippen LogP contribution in [0.4, 0.5) is 0 Å². The van der Waals surface area contributed by atoms with Gasteiger partial charge in [0, 0.05) is 26.3 Å². The molecule has 0 bridgehead atoms. The first-order valence-electron chi connectivity index (χ1n) is 5.10. The van der Waals surface area contributed by atoms with E-state index in [0.29, 0.717) is 6.54 Å². The molecule has 3 nitrogen and oxygen atoms in total. The molecule has 0 aromatic heterocycles. The Morgan fingerprint density at radius 1 is 1.25 bits per heavy atom. The summed E-state index contributed by atoms with van der Waals surface area (Å²) in [6.45, 7) is 1.36. The SMILES string of the molecule is C#CCNCc1ccc(C(OC)OC)cc1. The maximum atomic E-state index is 5.16. The van der Waals surface area contributed by atoms with Crippen molar-refractivity contribution in [2.24, 2.45) is 0 Å². The van der Waals surface area contributed by atoms with E-state index in [-0.39, 0.29) is 6.29 Å². The molecule has 16 heavy (non-hydrogen) atoms. The number of hydrogen-bond donors (Lipinski definition) is 1. The first kappa shape index (κ1) is 12.7. The Kier molecular flexibility index (Phi) is 5.58. The van der Waals surface area contributed by atoms with Gasteiger partial charge in [0.05, 0.1) is 6.54 Å². The highest BCUT2D eigenvalue weighted by molar-refractivity contribution is 5.23. The van der Waals surface area contributed by atoms with Gasteiger partial charge in [0.1, 0.15) is 0 Å². The van der Waals surface area contributed by atoms with Crippen molar-refractivity contribution in [3.63, 3.8) is 0 Å². The second kappa shape index (κ2) is 7.02. The van der Waals surface area contributed by atoms with Gasteiger partial charge in [0.25, 0.3) is 0 Å². The fraction of sp³-hybridized carbons (Fsp3) is 0.385. The third kappa shape index (κ3) is 3.67. The molecule has 0 saturated carbocycles. The van der Waals surface area contributed by atoms with Gasteiger partial charge in [0.15, 0.2) is 6.29 Å². The summed E-state index contributed by atoms with van der Waals surface area (Å²) in [7, 11) is 3.24. The van der Waals surface area contributed by atoms with E-state index in [0.717, 1.165) is 12.1 Å². The summed E-state index contributed by atoms with van der Waals surface area (Å²) >= 11 is 0. The lowest BCUT2D eigenvalue weighted by Gasteiger charge is -2.13. The van der Waals surface area contributed by atoms with Crippen LogP contribution < -0.4 is 5.32 Å². The Bertz CT molecular complexity index is 336. The summed E-state index contributed by atoms with van der Waals surface area (Å²) in [5.74, 6) is 2.53. The quantitative estimate of drug-likeness (QED) is 0.449. The van der Waals surface area contributed by atoms with Gasteiger partial charge in [-0.1, -0.05) is 30.2 Å². The summed E-state index contributed by atoms with van der Waals surface area (Å²) in [5.41, 5.74) is 2.19. The third-order valence-electron chi connectivity index (χ3n) is 2.24. The molecule has 0 fully saturated rings. The van der Waals surface area contributed by atoms with Gasteiger partial charge in [0.2, 0.25) is 0 Å². The Labute approximate surface area is 96.8 Å². The van der Waals surface area contributed by atoms with Gasteiger partial charge < -0.3 is 14.8 Å². The summed E-state index contributed by atoms with van der Waals surface area (Å²) in [6.07, 6.45) is 4.85. The van der Waals surface area contributed by atoms with Crippen LogP contribution in [0.2, 0.25) is 0 Å². The molecule has 0 aliphatic rings. The Morgan fingerprint density at radius 3 is 2.38 bits per heavy atom. The number of rotatable bonds is 6. The molecule has 0 radical (unpaired) electrons. The number of terminal acetylenes is 1. The van der Waals surface area contributed by atoms with Crippen molar-refractivity contribution in [3.8, 4) is 12.3 Å². The lowest BCUT2D eigenvalue weighted by atomic mass is 10.1. The molecule has 0 amide bonds. The van der Waals surface area contributed by atoms with Crippen molar-refractivity contribution < 1.29 is 9.47 Å². The Balaban J connectivity index is 2.57. The number of methoxy groups -OCH3 is 2. The predicted molar refractivity (Wildman–Crippen MR) is 63.7 cm³/mol.